The first-order chi connectivity index (χ1) is 11.1. The molecule has 6 heteroatoms. The van der Waals surface area contributed by atoms with Gasteiger partial charge in [-0.25, -0.2) is 0 Å². The van der Waals surface area contributed by atoms with Gasteiger partial charge in [-0.15, -0.1) is 4.80 Å². The van der Waals surface area contributed by atoms with Crippen LogP contribution in [0.4, 0.5) is 0 Å². The second-order valence-corrected chi connectivity index (χ2v) is 6.56. The van der Waals surface area contributed by atoms with E-state index in [0.717, 1.165) is 38.0 Å². The minimum atomic E-state index is 0.156. The van der Waals surface area contributed by atoms with E-state index in [1.165, 1.54) is 4.80 Å². The molecule has 0 radical (unpaired) electrons. The smallest absolute Gasteiger partial charge is 0.143 e. The summed E-state index contributed by atoms with van der Waals surface area (Å²) in [4.78, 5) is 3.78. The molecule has 0 bridgehead atoms. The maximum absolute atomic E-state index is 10.2. The molecule has 120 valence electrons. The van der Waals surface area contributed by atoms with Gasteiger partial charge in [0.1, 0.15) is 11.4 Å². The Kier molecular flexibility index (Phi) is 4.30. The Hall–Kier alpha value is -2.39. The molecule has 0 saturated carbocycles. The Labute approximate surface area is 136 Å². The molecule has 0 atom stereocenters. The fraction of sp³-hybridized carbons (Fsp3) is 0.471. The highest BCUT2D eigenvalue weighted by Gasteiger charge is 2.29. The summed E-state index contributed by atoms with van der Waals surface area (Å²) in [5, 5.41) is 27.2. The van der Waals surface area contributed by atoms with Crippen molar-refractivity contribution in [2.45, 2.75) is 32.7 Å². The lowest BCUT2D eigenvalue weighted by atomic mass is 9.78. The highest BCUT2D eigenvalue weighted by molar-refractivity contribution is 5.46. The summed E-state index contributed by atoms with van der Waals surface area (Å²) in [6.07, 6.45) is 5.88. The van der Waals surface area contributed by atoms with E-state index in [1.807, 2.05) is 12.1 Å². The quantitative estimate of drug-likeness (QED) is 0.938. The number of likely N-dealkylation sites (tertiary alicyclic amines) is 1. The molecule has 1 aliphatic heterocycles. The molecule has 1 aliphatic rings. The fourth-order valence-electron chi connectivity index (χ4n) is 3.05. The van der Waals surface area contributed by atoms with Gasteiger partial charge in [-0.2, -0.15) is 15.5 Å². The number of aromatic hydroxyl groups is 1. The average Bonchev–Trinajstić information content (AvgIpc) is 3.04. The van der Waals surface area contributed by atoms with Crippen LogP contribution in [0, 0.1) is 16.7 Å². The third kappa shape index (κ3) is 3.51. The van der Waals surface area contributed by atoms with Crippen LogP contribution in [-0.2, 0) is 6.54 Å². The molecule has 0 amide bonds. The molecule has 1 N–H and O–H groups in total. The predicted molar refractivity (Wildman–Crippen MR) is 85.9 cm³/mol. The normalized spacial score (nSPS) is 17.7. The van der Waals surface area contributed by atoms with Crippen LogP contribution < -0.4 is 0 Å². The van der Waals surface area contributed by atoms with Gasteiger partial charge >= 0.3 is 0 Å². The molecule has 0 spiro atoms. The van der Waals surface area contributed by atoms with Crippen LogP contribution in [0.15, 0.2) is 30.6 Å². The molecule has 1 aromatic carbocycles. The van der Waals surface area contributed by atoms with Crippen LogP contribution in [0.25, 0.3) is 5.69 Å². The SMILES string of the molecule is CC1(CC#N)CCN(Cc2ccc(-n3nccn3)c(O)c2)CC1. The molecule has 1 aromatic heterocycles. The second-order valence-electron chi connectivity index (χ2n) is 6.56. The van der Waals surface area contributed by atoms with E-state index in [0.29, 0.717) is 12.1 Å². The minimum absolute atomic E-state index is 0.156. The van der Waals surface area contributed by atoms with E-state index in [-0.39, 0.29) is 11.2 Å². The first-order valence-electron chi connectivity index (χ1n) is 7.88. The van der Waals surface area contributed by atoms with Gasteiger partial charge in [-0.05, 0) is 49.0 Å². The van der Waals surface area contributed by atoms with Gasteiger partial charge in [-0.3, -0.25) is 4.90 Å². The highest BCUT2D eigenvalue weighted by Crippen LogP contribution is 2.34. The zero-order valence-corrected chi connectivity index (χ0v) is 13.3. The maximum atomic E-state index is 10.2. The largest absolute Gasteiger partial charge is 0.506 e. The van der Waals surface area contributed by atoms with Crippen molar-refractivity contribution in [2.75, 3.05) is 13.1 Å². The monoisotopic (exact) mass is 311 g/mol. The molecule has 6 nitrogen and oxygen atoms in total. The van der Waals surface area contributed by atoms with Crippen molar-refractivity contribution in [3.05, 3.63) is 36.2 Å². The standard InChI is InChI=1S/C17H21N5O/c1-17(4-7-18)5-10-21(11-6-17)13-14-2-3-15(16(23)12-14)22-19-8-9-20-22/h2-3,8-9,12,23H,4-6,10-11,13H2,1H3. The summed E-state index contributed by atoms with van der Waals surface area (Å²) in [7, 11) is 0. The third-order valence-electron chi connectivity index (χ3n) is 4.65. The first kappa shape index (κ1) is 15.5. The molecule has 3 rings (SSSR count). The van der Waals surface area contributed by atoms with Crippen LogP contribution >= 0.6 is 0 Å². The fourth-order valence-corrected chi connectivity index (χ4v) is 3.05. The van der Waals surface area contributed by atoms with Crippen LogP contribution in [0.5, 0.6) is 5.75 Å². The summed E-state index contributed by atoms with van der Waals surface area (Å²) >= 11 is 0. The van der Waals surface area contributed by atoms with E-state index >= 15 is 0 Å². The molecule has 23 heavy (non-hydrogen) atoms. The van der Waals surface area contributed by atoms with Gasteiger partial charge in [0.05, 0.1) is 18.5 Å². The lowest BCUT2D eigenvalue weighted by molar-refractivity contribution is 0.116. The zero-order valence-electron chi connectivity index (χ0n) is 13.3. The van der Waals surface area contributed by atoms with Crippen molar-refractivity contribution in [3.63, 3.8) is 0 Å². The van der Waals surface area contributed by atoms with Gasteiger partial charge in [0, 0.05) is 13.0 Å². The summed E-state index contributed by atoms with van der Waals surface area (Å²) < 4.78 is 0. The Morgan fingerprint density at radius 1 is 1.26 bits per heavy atom. The van der Waals surface area contributed by atoms with Crippen LogP contribution in [0.2, 0.25) is 0 Å². The number of benzene rings is 1. The number of phenolic OH excluding ortho intramolecular Hbond substituents is 1. The average molecular weight is 311 g/mol. The predicted octanol–water partition coefficient (Wildman–Crippen LogP) is 2.49. The lowest BCUT2D eigenvalue weighted by Crippen LogP contribution is -2.38. The third-order valence-corrected chi connectivity index (χ3v) is 4.65. The van der Waals surface area contributed by atoms with Gasteiger partial charge in [0.2, 0.25) is 0 Å². The Bertz CT molecular complexity index is 696. The van der Waals surface area contributed by atoms with E-state index in [1.54, 1.807) is 18.5 Å². The Morgan fingerprint density at radius 2 is 1.96 bits per heavy atom. The number of hydrogen-bond acceptors (Lipinski definition) is 5. The Morgan fingerprint density at radius 3 is 2.57 bits per heavy atom. The molecular formula is C17H21N5O. The number of aromatic nitrogens is 3. The molecule has 0 unspecified atom stereocenters. The van der Waals surface area contributed by atoms with Crippen LogP contribution in [0.1, 0.15) is 31.7 Å². The van der Waals surface area contributed by atoms with E-state index in [9.17, 15) is 5.11 Å². The molecule has 2 heterocycles. The number of phenols is 1. The van der Waals surface area contributed by atoms with Crippen molar-refractivity contribution >= 4 is 0 Å². The summed E-state index contributed by atoms with van der Waals surface area (Å²) in [5.41, 5.74) is 1.81. The van der Waals surface area contributed by atoms with Crippen molar-refractivity contribution in [1.29, 1.82) is 5.26 Å². The molecular weight excluding hydrogens is 290 g/mol. The summed E-state index contributed by atoms with van der Waals surface area (Å²) in [6.45, 7) is 4.98. The van der Waals surface area contributed by atoms with Gasteiger partial charge in [-0.1, -0.05) is 13.0 Å². The molecule has 1 saturated heterocycles. The maximum Gasteiger partial charge on any atom is 0.143 e. The van der Waals surface area contributed by atoms with Crippen molar-refractivity contribution in [2.24, 2.45) is 5.41 Å². The van der Waals surface area contributed by atoms with Crippen molar-refractivity contribution in [3.8, 4) is 17.5 Å². The molecule has 1 fully saturated rings. The summed E-state index contributed by atoms with van der Waals surface area (Å²) in [5.74, 6) is 0.185. The van der Waals surface area contributed by atoms with Crippen LogP contribution in [0.3, 0.4) is 0 Å². The number of hydrogen-bond donors (Lipinski definition) is 1. The van der Waals surface area contributed by atoms with Crippen molar-refractivity contribution < 1.29 is 5.11 Å². The number of rotatable bonds is 4. The van der Waals surface area contributed by atoms with Gasteiger partial charge in [0.25, 0.3) is 0 Å². The highest BCUT2D eigenvalue weighted by atomic mass is 16.3. The van der Waals surface area contributed by atoms with Gasteiger partial charge < -0.3 is 5.11 Å². The Balaban J connectivity index is 1.64. The lowest BCUT2D eigenvalue weighted by Gasteiger charge is -2.38. The zero-order chi connectivity index (χ0) is 16.3. The number of piperidine rings is 1. The van der Waals surface area contributed by atoms with E-state index in [4.69, 9.17) is 5.26 Å². The summed E-state index contributed by atoms with van der Waals surface area (Å²) in [6, 6.07) is 7.93. The number of nitrogens with zero attached hydrogens (tertiary/aromatic N) is 5. The van der Waals surface area contributed by atoms with E-state index in [2.05, 4.69) is 28.1 Å². The molecule has 2 aromatic rings. The van der Waals surface area contributed by atoms with E-state index < -0.39 is 0 Å². The topological polar surface area (TPSA) is 78.0 Å². The van der Waals surface area contributed by atoms with Crippen LogP contribution in [-0.4, -0.2) is 38.1 Å². The first-order valence-corrected chi connectivity index (χ1v) is 7.88. The number of nitriles is 1. The van der Waals surface area contributed by atoms with Crippen molar-refractivity contribution in [1.82, 2.24) is 19.9 Å². The van der Waals surface area contributed by atoms with Gasteiger partial charge in [0.15, 0.2) is 0 Å². The molecule has 0 aliphatic carbocycles. The second kappa shape index (κ2) is 6.39. The minimum Gasteiger partial charge on any atom is -0.506 e.